The average molecular weight is 881 g/mol. The minimum Gasteiger partial charge on any atom is -0.271 e. The monoisotopic (exact) mass is 881 g/mol. The third-order valence-electron chi connectivity index (χ3n) is 9.11. The molecule has 0 aliphatic heterocycles. The predicted molar refractivity (Wildman–Crippen MR) is 170 cm³/mol. The van der Waals surface area contributed by atoms with Crippen LogP contribution >= 0.6 is 0 Å². The molecular formula is C37H16BF20NO. The van der Waals surface area contributed by atoms with E-state index < -0.39 is 144 Å². The van der Waals surface area contributed by atoms with Crippen molar-refractivity contribution in [2.24, 2.45) is 0 Å². The number of para-hydroxylation sites is 1. The minimum absolute atomic E-state index is 0.773. The molecule has 0 radical (unpaired) electrons. The summed E-state index contributed by atoms with van der Waals surface area (Å²) in [5, 5.41) is 1.21. The largest absolute Gasteiger partial charge is 0.271 e. The van der Waals surface area contributed by atoms with Gasteiger partial charge in [-0.3, -0.25) is 4.84 Å². The maximum Gasteiger partial charge on any atom is 0.264 e. The molecule has 6 aromatic rings. The number of fused-ring (bicyclic) bond motifs is 1. The van der Waals surface area contributed by atoms with Gasteiger partial charge in [-0.25, -0.2) is 87.8 Å². The van der Waals surface area contributed by atoms with Crippen LogP contribution in [0.4, 0.5) is 87.8 Å². The first-order valence-corrected chi connectivity index (χ1v) is 16.4. The first-order chi connectivity index (χ1) is 28.1. The summed E-state index contributed by atoms with van der Waals surface area (Å²) >= 11 is 0. The van der Waals surface area contributed by atoms with Crippen LogP contribution in [0.2, 0.25) is 0 Å². The van der Waals surface area contributed by atoms with Crippen molar-refractivity contribution in [1.82, 2.24) is 0 Å². The Morgan fingerprint density at radius 2 is 0.650 bits per heavy atom. The van der Waals surface area contributed by atoms with Crippen LogP contribution in [0, 0.1) is 116 Å². The smallest absolute Gasteiger partial charge is 0.264 e. The Bertz CT molecular complexity index is 2300. The highest BCUT2D eigenvalue weighted by Gasteiger charge is 2.52. The number of hydrogen-bond acceptors (Lipinski definition) is 1. The fourth-order valence-corrected chi connectivity index (χ4v) is 6.43. The molecule has 0 saturated carbocycles. The zero-order valence-electron chi connectivity index (χ0n) is 29.2. The molecule has 23 heteroatoms. The molecule has 1 heterocycles. The van der Waals surface area contributed by atoms with Crippen molar-refractivity contribution in [3.05, 3.63) is 159 Å². The third-order valence-corrected chi connectivity index (χ3v) is 9.11. The second-order valence-electron chi connectivity index (χ2n) is 12.4. The number of rotatable bonds is 8. The lowest BCUT2D eigenvalue weighted by Crippen LogP contribution is -2.81. The normalized spacial score (nSPS) is 11.6. The quantitative estimate of drug-likeness (QED) is 0.0376. The standard InChI is InChI=1S/C24BF20.C13H16NO/c26-5-1(6(27)14(35)21(42)13(5)34)25(2-7(28)15(36)22(43)16(37)8(2)29,3-9(30)17(38)23(44)18(39)10(3)31)4-11(32)19(40)24(45)20(41)12(4)33;1-2-3-11-15-14-10-6-8-12-7-4-5-9-13(12)14/h;4-10H,2-3,11H2,1H3/q-1;+1. The van der Waals surface area contributed by atoms with Crippen LogP contribution in [0.15, 0.2) is 42.6 Å². The molecule has 6 rings (SSSR count). The van der Waals surface area contributed by atoms with Crippen LogP contribution in [0.3, 0.4) is 0 Å². The van der Waals surface area contributed by atoms with Gasteiger partial charge in [-0.05, 0) is 18.6 Å². The van der Waals surface area contributed by atoms with E-state index in [4.69, 9.17) is 4.84 Å². The van der Waals surface area contributed by atoms with E-state index in [0.29, 0.717) is 0 Å². The van der Waals surface area contributed by atoms with Gasteiger partial charge in [0, 0.05) is 16.9 Å². The summed E-state index contributed by atoms with van der Waals surface area (Å²) in [7, 11) is 0. The summed E-state index contributed by atoms with van der Waals surface area (Å²) < 4.78 is 296. The van der Waals surface area contributed by atoms with E-state index in [0.717, 1.165) is 25.0 Å². The molecule has 0 amide bonds. The first kappa shape index (κ1) is 45.1. The van der Waals surface area contributed by atoms with Gasteiger partial charge in [0.1, 0.15) is 52.7 Å². The summed E-state index contributed by atoms with van der Waals surface area (Å²) in [6, 6.07) is 12.3. The van der Waals surface area contributed by atoms with Crippen LogP contribution in [-0.4, -0.2) is 12.8 Å². The maximum absolute atomic E-state index is 15.4. The average Bonchev–Trinajstić information content (AvgIpc) is 3.24. The zero-order chi connectivity index (χ0) is 44.9. The van der Waals surface area contributed by atoms with E-state index in [1.165, 1.54) is 5.39 Å². The lowest BCUT2D eigenvalue weighted by atomic mass is 9.12. The highest BCUT2D eigenvalue weighted by molar-refractivity contribution is 7.20. The predicted octanol–water partition coefficient (Wildman–Crippen LogP) is 8.20. The second kappa shape index (κ2) is 16.9. The molecule has 0 saturated heterocycles. The molecule has 0 fully saturated rings. The molecule has 60 heavy (non-hydrogen) atoms. The topological polar surface area (TPSA) is 13.1 Å². The molecule has 0 unspecified atom stereocenters. The Balaban J connectivity index is 0.000000379. The number of hydrogen-bond donors (Lipinski definition) is 0. The number of benzene rings is 5. The molecule has 0 spiro atoms. The van der Waals surface area contributed by atoms with E-state index >= 15 is 35.1 Å². The van der Waals surface area contributed by atoms with E-state index in [-0.39, 0.29) is 0 Å². The van der Waals surface area contributed by atoms with E-state index in [2.05, 4.69) is 25.1 Å². The highest BCUT2D eigenvalue weighted by atomic mass is 19.2. The number of unbranched alkanes of at least 4 members (excludes halogenated alkanes) is 1. The third kappa shape index (κ3) is 6.89. The lowest BCUT2D eigenvalue weighted by molar-refractivity contribution is -0.871. The molecule has 0 N–H and O–H groups in total. The van der Waals surface area contributed by atoms with Crippen molar-refractivity contribution >= 4 is 38.9 Å². The van der Waals surface area contributed by atoms with Gasteiger partial charge in [0.25, 0.3) is 5.52 Å². The lowest BCUT2D eigenvalue weighted by Gasteiger charge is -2.44. The van der Waals surface area contributed by atoms with Gasteiger partial charge >= 0.3 is 0 Å². The molecule has 5 aromatic carbocycles. The molecular weight excluding hydrogens is 865 g/mol. The van der Waals surface area contributed by atoms with Crippen molar-refractivity contribution < 1.29 is 97.4 Å². The van der Waals surface area contributed by atoms with E-state index in [1.807, 2.05) is 29.1 Å². The SMILES string of the molecule is CCCCO[n+]1cccc2ccccc21.Fc1c(F)c(F)c([B-](c2c(F)c(F)c(F)c(F)c2F)(c2c(F)c(F)c(F)c(F)c2F)c2c(F)c(F)c(F)c(F)c2F)c(F)c1F. The Hall–Kier alpha value is -6.03. The Kier molecular flexibility index (Phi) is 12.7. The molecule has 2 nitrogen and oxygen atoms in total. The van der Waals surface area contributed by atoms with Crippen molar-refractivity contribution in [2.75, 3.05) is 6.61 Å². The van der Waals surface area contributed by atoms with Crippen LogP contribution < -0.4 is 31.4 Å². The summed E-state index contributed by atoms with van der Waals surface area (Å²) in [5.41, 5.74) is -13.2. The van der Waals surface area contributed by atoms with Gasteiger partial charge in [-0.2, -0.15) is 0 Å². The van der Waals surface area contributed by atoms with Gasteiger partial charge in [0.15, 0.2) is 76.4 Å². The Labute approximate surface area is 321 Å². The molecule has 0 bridgehead atoms. The summed E-state index contributed by atoms with van der Waals surface area (Å²) in [6.45, 7) is 2.94. The fourth-order valence-electron chi connectivity index (χ4n) is 6.43. The van der Waals surface area contributed by atoms with Crippen LogP contribution in [0.1, 0.15) is 19.8 Å². The summed E-state index contributed by atoms with van der Waals surface area (Å²) in [6.07, 6.45) is -3.01. The minimum atomic E-state index is -7.22. The number of aromatic nitrogens is 1. The Morgan fingerprint density at radius 3 is 0.950 bits per heavy atom. The van der Waals surface area contributed by atoms with Crippen molar-refractivity contribution in [1.29, 1.82) is 0 Å². The number of nitrogens with zero attached hydrogens (tertiary/aromatic N) is 1. The van der Waals surface area contributed by atoms with Gasteiger partial charge in [-0.15, -0.1) is 21.9 Å². The van der Waals surface area contributed by atoms with Gasteiger partial charge in [0.05, 0.1) is 5.39 Å². The Morgan fingerprint density at radius 1 is 0.383 bits per heavy atom. The van der Waals surface area contributed by atoms with Crippen molar-refractivity contribution in [3.63, 3.8) is 0 Å². The van der Waals surface area contributed by atoms with Crippen molar-refractivity contribution in [3.8, 4) is 0 Å². The summed E-state index contributed by atoms with van der Waals surface area (Å²) in [5.74, 6) is -71.4. The van der Waals surface area contributed by atoms with Gasteiger partial charge < -0.3 is 0 Å². The van der Waals surface area contributed by atoms with Crippen LogP contribution in [-0.2, 0) is 0 Å². The van der Waals surface area contributed by atoms with Crippen molar-refractivity contribution in [2.45, 2.75) is 19.8 Å². The molecule has 0 atom stereocenters. The molecule has 1 aromatic heterocycles. The maximum atomic E-state index is 15.4. The number of halogens is 20. The summed E-state index contributed by atoms with van der Waals surface area (Å²) in [4.78, 5) is 5.68. The fraction of sp³-hybridized carbons (Fsp3) is 0.108. The van der Waals surface area contributed by atoms with Gasteiger partial charge in [-0.1, -0.05) is 25.5 Å². The molecule has 0 aliphatic carbocycles. The van der Waals surface area contributed by atoms with Gasteiger partial charge in [0.2, 0.25) is 6.20 Å². The van der Waals surface area contributed by atoms with E-state index in [1.54, 1.807) is 0 Å². The zero-order valence-corrected chi connectivity index (χ0v) is 29.2. The molecule has 0 aliphatic rings. The van der Waals surface area contributed by atoms with Crippen LogP contribution in [0.25, 0.3) is 10.9 Å². The highest BCUT2D eigenvalue weighted by Crippen LogP contribution is 2.30. The van der Waals surface area contributed by atoms with Crippen LogP contribution in [0.5, 0.6) is 0 Å². The second-order valence-corrected chi connectivity index (χ2v) is 12.4. The number of pyridine rings is 1. The molecule has 318 valence electrons. The first-order valence-electron chi connectivity index (χ1n) is 16.4. The van der Waals surface area contributed by atoms with E-state index in [9.17, 15) is 52.7 Å².